The Morgan fingerprint density at radius 2 is 1.14 bits per heavy atom. The zero-order valence-electron chi connectivity index (χ0n) is 35.1. The number of nitrogens with zero attached hydrogens (tertiary/aromatic N) is 3. The summed E-state index contributed by atoms with van der Waals surface area (Å²) in [4.78, 5) is 0. The van der Waals surface area contributed by atoms with Crippen molar-refractivity contribution in [2.75, 3.05) is 7.05 Å². The van der Waals surface area contributed by atoms with Crippen molar-refractivity contribution in [3.05, 3.63) is 269 Å². The standard InChI is InChI=1S/C59H46N4/c1-60-57(63-58(44-21-8-3-9-22-44)61(63)40-41-33-35-43(36-34-41)42-19-6-2-7-20-42)45-23-18-28-48(39-45)62-53-32-17-15-30-50(53)56-54(62)38-37-52-55(56)49-29-14-16-31-51(49)59(52,46-24-10-4-11-25-46)47-26-12-5-13-27-47/h2-39,57-58,60H,40H2,1H3/t57?,58?,61-,63?/m0/s1. The van der Waals surface area contributed by atoms with Gasteiger partial charge in [0.05, 0.1) is 16.4 Å². The van der Waals surface area contributed by atoms with E-state index < -0.39 is 5.41 Å². The van der Waals surface area contributed by atoms with Gasteiger partial charge in [0.25, 0.3) is 0 Å². The van der Waals surface area contributed by atoms with Crippen LogP contribution in [0.1, 0.15) is 51.3 Å². The Morgan fingerprint density at radius 1 is 0.524 bits per heavy atom. The number of benzene rings is 9. The van der Waals surface area contributed by atoms with Crippen molar-refractivity contribution in [1.29, 1.82) is 0 Å². The zero-order chi connectivity index (χ0) is 41.9. The third-order valence-electron chi connectivity index (χ3n) is 13.5. The molecule has 2 aliphatic rings. The number of hydrogen-bond donors (Lipinski definition) is 1. The van der Waals surface area contributed by atoms with Gasteiger partial charge in [-0.05, 0) is 92.5 Å². The predicted octanol–water partition coefficient (Wildman–Crippen LogP) is 13.5. The van der Waals surface area contributed by atoms with Crippen molar-refractivity contribution < 1.29 is 0 Å². The number of hydrogen-bond acceptors (Lipinski definition) is 3. The second kappa shape index (κ2) is 15.2. The average molecular weight is 811 g/mol. The fourth-order valence-electron chi connectivity index (χ4n) is 10.8. The van der Waals surface area contributed by atoms with Gasteiger partial charge < -0.3 is 4.57 Å². The highest BCUT2D eigenvalue weighted by molar-refractivity contribution is 6.18. The molecule has 12 rings (SSSR count). The van der Waals surface area contributed by atoms with Crippen LogP contribution in [0.15, 0.2) is 231 Å². The van der Waals surface area contributed by atoms with Crippen molar-refractivity contribution in [3.8, 4) is 27.9 Å². The van der Waals surface area contributed by atoms with E-state index in [0.29, 0.717) is 0 Å². The molecule has 10 aromatic rings. The molecular weight excluding hydrogens is 765 g/mol. The summed E-state index contributed by atoms with van der Waals surface area (Å²) in [5, 5.41) is 11.3. The van der Waals surface area contributed by atoms with E-state index in [1.54, 1.807) is 0 Å². The largest absolute Gasteiger partial charge is 0.309 e. The lowest BCUT2D eigenvalue weighted by molar-refractivity contribution is 0.209. The number of hydrazine groups is 1. The molecule has 1 fully saturated rings. The predicted molar refractivity (Wildman–Crippen MR) is 258 cm³/mol. The topological polar surface area (TPSA) is 23.0 Å². The maximum Gasteiger partial charge on any atom is 0.117 e. The lowest BCUT2D eigenvalue weighted by Crippen LogP contribution is -2.28. The molecule has 0 amide bonds. The van der Waals surface area contributed by atoms with Gasteiger partial charge in [0.2, 0.25) is 0 Å². The Labute approximate surface area is 368 Å². The maximum absolute atomic E-state index is 3.73. The fraction of sp³-hybridized carbons (Fsp3) is 0.0847. The van der Waals surface area contributed by atoms with Gasteiger partial charge in [-0.25, -0.2) is 5.01 Å². The molecule has 4 nitrogen and oxygen atoms in total. The van der Waals surface area contributed by atoms with E-state index >= 15 is 0 Å². The lowest BCUT2D eigenvalue weighted by Gasteiger charge is -2.33. The van der Waals surface area contributed by atoms with Crippen molar-refractivity contribution in [2.24, 2.45) is 0 Å². The van der Waals surface area contributed by atoms with Crippen LogP contribution in [0.3, 0.4) is 0 Å². The molecule has 1 aromatic heterocycles. The number of aromatic nitrogens is 1. The highest BCUT2D eigenvalue weighted by Crippen LogP contribution is 2.59. The molecule has 0 spiro atoms. The van der Waals surface area contributed by atoms with Crippen LogP contribution in [0.5, 0.6) is 0 Å². The minimum atomic E-state index is -0.463. The summed E-state index contributed by atoms with van der Waals surface area (Å²) in [5.41, 5.74) is 17.1. The Bertz CT molecular complexity index is 3210. The summed E-state index contributed by atoms with van der Waals surface area (Å²) in [6.07, 6.45) is 0.0758. The summed E-state index contributed by atoms with van der Waals surface area (Å²) in [7, 11) is 2.08. The third-order valence-corrected chi connectivity index (χ3v) is 13.5. The maximum atomic E-state index is 3.73. The van der Waals surface area contributed by atoms with E-state index in [1.165, 1.54) is 83.0 Å². The van der Waals surface area contributed by atoms with Gasteiger partial charge in [0.1, 0.15) is 12.3 Å². The second-order valence-electron chi connectivity index (χ2n) is 16.9. The van der Waals surface area contributed by atoms with Crippen LogP contribution >= 0.6 is 0 Å². The van der Waals surface area contributed by atoms with Gasteiger partial charge in [-0.3, -0.25) is 5.32 Å². The second-order valence-corrected chi connectivity index (χ2v) is 16.9. The molecule has 63 heavy (non-hydrogen) atoms. The molecule has 4 heteroatoms. The van der Waals surface area contributed by atoms with Gasteiger partial charge in [-0.2, -0.15) is 5.01 Å². The summed E-state index contributed by atoms with van der Waals surface area (Å²) in [5.74, 6) is 0. The minimum Gasteiger partial charge on any atom is -0.309 e. The quantitative estimate of drug-likeness (QED) is 0.139. The highest BCUT2D eigenvalue weighted by Gasteiger charge is 2.51. The Kier molecular flexibility index (Phi) is 9.05. The Hall–Kier alpha value is -7.34. The molecule has 1 saturated heterocycles. The summed E-state index contributed by atoms with van der Waals surface area (Å²) in [6.45, 7) is 0.805. The molecular formula is C59H46N4. The van der Waals surface area contributed by atoms with Gasteiger partial charge >= 0.3 is 0 Å². The Balaban J connectivity index is 0.979. The van der Waals surface area contributed by atoms with Crippen molar-refractivity contribution >= 4 is 21.8 Å². The van der Waals surface area contributed by atoms with Gasteiger partial charge in [0, 0.05) is 23.0 Å². The van der Waals surface area contributed by atoms with Gasteiger partial charge in [-0.15, -0.1) is 0 Å². The number of para-hydroxylation sites is 1. The lowest BCUT2D eigenvalue weighted by atomic mass is 9.67. The van der Waals surface area contributed by atoms with Gasteiger partial charge in [-0.1, -0.05) is 206 Å². The normalized spacial score (nSPS) is 17.6. The number of nitrogens with one attached hydrogen (secondary N) is 1. The summed E-state index contributed by atoms with van der Waals surface area (Å²) >= 11 is 0. The first-order valence-corrected chi connectivity index (χ1v) is 22.0. The first-order valence-electron chi connectivity index (χ1n) is 22.0. The van der Waals surface area contributed by atoms with E-state index in [2.05, 4.69) is 257 Å². The monoisotopic (exact) mass is 810 g/mol. The molecule has 0 bridgehead atoms. The first-order chi connectivity index (χ1) is 31.2. The molecule has 0 radical (unpaired) electrons. The zero-order valence-corrected chi connectivity index (χ0v) is 35.1. The molecule has 9 aromatic carbocycles. The van der Waals surface area contributed by atoms with Crippen LogP contribution in [0.25, 0.3) is 49.7 Å². The molecule has 1 aliphatic carbocycles. The summed E-state index contributed by atoms with van der Waals surface area (Å²) < 4.78 is 2.48. The third kappa shape index (κ3) is 5.95. The number of rotatable bonds is 10. The molecule has 2 heterocycles. The summed E-state index contributed by atoms with van der Waals surface area (Å²) in [6, 6.07) is 84.7. The smallest absolute Gasteiger partial charge is 0.117 e. The Morgan fingerprint density at radius 3 is 1.86 bits per heavy atom. The van der Waals surface area contributed by atoms with Crippen LogP contribution < -0.4 is 5.32 Å². The molecule has 4 atom stereocenters. The average Bonchev–Trinajstić information content (AvgIpc) is 3.81. The van der Waals surface area contributed by atoms with Crippen molar-refractivity contribution in [1.82, 2.24) is 19.9 Å². The van der Waals surface area contributed by atoms with Crippen molar-refractivity contribution in [2.45, 2.75) is 24.3 Å². The van der Waals surface area contributed by atoms with Crippen LogP contribution in [0.4, 0.5) is 0 Å². The SMILES string of the molecule is CNC(c1cccc(-n2c3ccccc3c3c4c(ccc32)C(c2ccccc2)(c2ccccc2)c2ccccc2-4)c1)N1C(c2ccccc2)[N@]1Cc1ccc(-c2ccccc2)cc1. The van der Waals surface area contributed by atoms with Crippen LogP contribution in [-0.2, 0) is 12.0 Å². The molecule has 302 valence electrons. The first kappa shape index (κ1) is 37.4. The van der Waals surface area contributed by atoms with E-state index in [9.17, 15) is 0 Å². The van der Waals surface area contributed by atoms with Crippen LogP contribution in [0, 0.1) is 0 Å². The van der Waals surface area contributed by atoms with E-state index in [0.717, 1.165) is 12.2 Å². The van der Waals surface area contributed by atoms with Crippen LogP contribution in [0.2, 0.25) is 0 Å². The van der Waals surface area contributed by atoms with E-state index in [-0.39, 0.29) is 12.3 Å². The fourth-order valence-corrected chi connectivity index (χ4v) is 10.8. The van der Waals surface area contributed by atoms with Crippen LogP contribution in [-0.4, -0.2) is 21.6 Å². The van der Waals surface area contributed by atoms with Gasteiger partial charge in [0.15, 0.2) is 0 Å². The molecule has 0 saturated carbocycles. The van der Waals surface area contributed by atoms with E-state index in [4.69, 9.17) is 0 Å². The molecule has 1 N–H and O–H groups in total. The van der Waals surface area contributed by atoms with E-state index in [1.807, 2.05) is 0 Å². The van der Waals surface area contributed by atoms with Crippen molar-refractivity contribution in [3.63, 3.8) is 0 Å². The number of fused-ring (bicyclic) bond motifs is 7. The minimum absolute atomic E-state index is 0.0553. The molecule has 1 aliphatic heterocycles. The molecule has 3 unspecified atom stereocenters. The highest BCUT2D eigenvalue weighted by atomic mass is 15.9.